The monoisotopic (exact) mass is 443 g/mol. The van der Waals surface area contributed by atoms with Crippen molar-refractivity contribution in [1.29, 1.82) is 0 Å². The molecule has 5 rings (SSSR count). The van der Waals surface area contributed by atoms with E-state index in [2.05, 4.69) is 38.3 Å². The summed E-state index contributed by atoms with van der Waals surface area (Å²) in [7, 11) is 0. The van der Waals surface area contributed by atoms with Gasteiger partial charge in [-0.3, -0.25) is 9.59 Å². The van der Waals surface area contributed by atoms with Crippen molar-refractivity contribution < 1.29 is 14.3 Å². The largest absolute Gasteiger partial charge is 0.360 e. The standard InChI is InChI=1S/C24H30ClN3O3/c1-22(2)11-15(12-23(3,4)27-22)26-20(29)18-17-9-10-24(31-17)13-28(21(30)19(18)24)16-7-5-14(25)6-8-16/h5-10,15,17-19,27H,11-13H2,1-4H3,(H,26,29)/t17-,18?,19?,24+/m1/s1. The number of benzene rings is 1. The van der Waals surface area contributed by atoms with Crippen molar-refractivity contribution in [3.05, 3.63) is 41.4 Å². The van der Waals surface area contributed by atoms with Crippen LogP contribution in [0.15, 0.2) is 36.4 Å². The van der Waals surface area contributed by atoms with Crippen LogP contribution < -0.4 is 15.5 Å². The summed E-state index contributed by atoms with van der Waals surface area (Å²) in [5.41, 5.74) is -0.0865. The zero-order chi connectivity index (χ0) is 22.2. The van der Waals surface area contributed by atoms with Crippen LogP contribution in [0.2, 0.25) is 5.02 Å². The second-order valence-corrected chi connectivity index (χ2v) is 11.2. The van der Waals surface area contributed by atoms with Crippen molar-refractivity contribution in [2.75, 3.05) is 11.4 Å². The van der Waals surface area contributed by atoms with Gasteiger partial charge in [-0.1, -0.05) is 23.8 Å². The van der Waals surface area contributed by atoms with Gasteiger partial charge in [-0.2, -0.15) is 0 Å². The number of piperidine rings is 1. The lowest BCUT2D eigenvalue weighted by atomic mass is 9.75. The Bertz CT molecular complexity index is 941. The number of ether oxygens (including phenoxy) is 1. The second kappa shape index (κ2) is 6.80. The fourth-order valence-electron chi connectivity index (χ4n) is 6.36. The molecule has 4 heterocycles. The maximum atomic E-state index is 13.5. The first kappa shape index (κ1) is 21.0. The molecule has 1 aromatic rings. The van der Waals surface area contributed by atoms with E-state index >= 15 is 0 Å². The quantitative estimate of drug-likeness (QED) is 0.704. The first-order chi connectivity index (χ1) is 14.5. The second-order valence-electron chi connectivity index (χ2n) is 10.8. The number of fused-ring (bicyclic) bond motifs is 1. The zero-order valence-electron chi connectivity index (χ0n) is 18.4. The predicted molar refractivity (Wildman–Crippen MR) is 120 cm³/mol. The number of nitrogens with zero attached hydrogens (tertiary/aromatic N) is 1. The van der Waals surface area contributed by atoms with Gasteiger partial charge in [0.25, 0.3) is 0 Å². The third-order valence-electron chi connectivity index (χ3n) is 7.08. The van der Waals surface area contributed by atoms with E-state index in [-0.39, 0.29) is 35.0 Å². The third kappa shape index (κ3) is 3.49. The molecule has 4 aliphatic rings. The minimum absolute atomic E-state index is 0.0553. The lowest BCUT2D eigenvalue weighted by Gasteiger charge is -2.47. The number of rotatable bonds is 3. The van der Waals surface area contributed by atoms with E-state index in [4.69, 9.17) is 16.3 Å². The molecule has 2 bridgehead atoms. The molecular formula is C24H30ClN3O3. The normalized spacial score (nSPS) is 35.5. The van der Waals surface area contributed by atoms with E-state index in [1.165, 1.54) is 0 Å². The fraction of sp³-hybridized carbons (Fsp3) is 0.583. The van der Waals surface area contributed by atoms with E-state index in [1.807, 2.05) is 24.3 Å². The summed E-state index contributed by atoms with van der Waals surface area (Å²) in [6.45, 7) is 9.07. The Hall–Kier alpha value is -1.89. The van der Waals surface area contributed by atoms with Crippen LogP contribution in [0.1, 0.15) is 40.5 Å². The molecule has 7 heteroatoms. The number of halogens is 1. The van der Waals surface area contributed by atoms with Gasteiger partial charge in [0.2, 0.25) is 11.8 Å². The molecule has 1 spiro atoms. The Balaban J connectivity index is 1.37. The number of hydrogen-bond acceptors (Lipinski definition) is 4. The highest BCUT2D eigenvalue weighted by molar-refractivity contribution is 6.30. The summed E-state index contributed by atoms with van der Waals surface area (Å²) in [4.78, 5) is 28.6. The summed E-state index contributed by atoms with van der Waals surface area (Å²) >= 11 is 6.01. The molecule has 0 radical (unpaired) electrons. The minimum Gasteiger partial charge on any atom is -0.360 e. The number of carbonyl (C=O) groups is 2. The third-order valence-corrected chi connectivity index (χ3v) is 7.33. The van der Waals surface area contributed by atoms with Gasteiger partial charge in [0.1, 0.15) is 5.60 Å². The fourth-order valence-corrected chi connectivity index (χ4v) is 6.48. The molecule has 2 N–H and O–H groups in total. The molecule has 0 aliphatic carbocycles. The van der Waals surface area contributed by atoms with Crippen molar-refractivity contribution in [3.8, 4) is 0 Å². The molecule has 4 atom stereocenters. The smallest absolute Gasteiger partial charge is 0.234 e. The summed E-state index contributed by atoms with van der Waals surface area (Å²) in [6, 6.07) is 7.27. The van der Waals surface area contributed by atoms with Crippen LogP contribution in [0, 0.1) is 11.8 Å². The molecule has 6 nitrogen and oxygen atoms in total. The number of anilines is 1. The van der Waals surface area contributed by atoms with Crippen LogP contribution in [0.25, 0.3) is 0 Å². The molecule has 0 saturated carbocycles. The average molecular weight is 444 g/mol. The summed E-state index contributed by atoms with van der Waals surface area (Å²) in [6.07, 6.45) is 5.28. The van der Waals surface area contributed by atoms with Crippen LogP contribution in [0.3, 0.4) is 0 Å². The Morgan fingerprint density at radius 3 is 2.45 bits per heavy atom. The van der Waals surface area contributed by atoms with Gasteiger partial charge in [-0.05, 0) is 64.8 Å². The Kier molecular flexibility index (Phi) is 4.60. The van der Waals surface area contributed by atoms with Gasteiger partial charge in [0, 0.05) is 27.8 Å². The average Bonchev–Trinajstić information content (AvgIpc) is 3.28. The van der Waals surface area contributed by atoms with Crippen LogP contribution in [-0.2, 0) is 14.3 Å². The van der Waals surface area contributed by atoms with Gasteiger partial charge in [-0.25, -0.2) is 0 Å². The molecular weight excluding hydrogens is 414 g/mol. The topological polar surface area (TPSA) is 70.7 Å². The van der Waals surface area contributed by atoms with Crippen molar-refractivity contribution >= 4 is 29.1 Å². The maximum absolute atomic E-state index is 13.5. The molecule has 4 aliphatic heterocycles. The number of carbonyl (C=O) groups excluding carboxylic acids is 2. The van der Waals surface area contributed by atoms with Crippen LogP contribution in [0.5, 0.6) is 0 Å². The lowest BCUT2D eigenvalue weighted by Crippen LogP contribution is -2.62. The molecule has 3 saturated heterocycles. The first-order valence-corrected chi connectivity index (χ1v) is 11.4. The Morgan fingerprint density at radius 1 is 1.16 bits per heavy atom. The zero-order valence-corrected chi connectivity index (χ0v) is 19.2. The summed E-state index contributed by atoms with van der Waals surface area (Å²) in [5, 5.41) is 7.53. The molecule has 2 amide bonds. The molecule has 0 aromatic heterocycles. The molecule has 2 unspecified atom stereocenters. The van der Waals surface area contributed by atoms with Crippen molar-refractivity contribution in [1.82, 2.24) is 10.6 Å². The van der Waals surface area contributed by atoms with E-state index in [0.29, 0.717) is 11.6 Å². The Labute approximate surface area is 188 Å². The maximum Gasteiger partial charge on any atom is 0.234 e. The molecule has 166 valence electrons. The first-order valence-electron chi connectivity index (χ1n) is 11.0. The van der Waals surface area contributed by atoms with Crippen molar-refractivity contribution in [2.24, 2.45) is 11.8 Å². The predicted octanol–water partition coefficient (Wildman–Crippen LogP) is 3.05. The van der Waals surface area contributed by atoms with Gasteiger partial charge >= 0.3 is 0 Å². The van der Waals surface area contributed by atoms with E-state index in [0.717, 1.165) is 18.5 Å². The summed E-state index contributed by atoms with van der Waals surface area (Å²) in [5.74, 6) is -1.14. The summed E-state index contributed by atoms with van der Waals surface area (Å²) < 4.78 is 6.26. The van der Waals surface area contributed by atoms with Crippen LogP contribution in [-0.4, -0.2) is 47.2 Å². The molecule has 1 aromatic carbocycles. The van der Waals surface area contributed by atoms with Crippen LogP contribution in [0.4, 0.5) is 5.69 Å². The van der Waals surface area contributed by atoms with E-state index < -0.39 is 17.4 Å². The number of amides is 2. The van der Waals surface area contributed by atoms with E-state index in [9.17, 15) is 9.59 Å². The highest BCUT2D eigenvalue weighted by atomic mass is 35.5. The highest BCUT2D eigenvalue weighted by Gasteiger charge is 2.67. The highest BCUT2D eigenvalue weighted by Crippen LogP contribution is 2.52. The minimum atomic E-state index is -0.726. The van der Waals surface area contributed by atoms with E-state index in [1.54, 1.807) is 17.0 Å². The van der Waals surface area contributed by atoms with Gasteiger partial charge in [-0.15, -0.1) is 0 Å². The van der Waals surface area contributed by atoms with Gasteiger partial charge in [0.15, 0.2) is 0 Å². The Morgan fingerprint density at radius 2 is 1.81 bits per heavy atom. The van der Waals surface area contributed by atoms with Crippen molar-refractivity contribution in [3.63, 3.8) is 0 Å². The number of hydrogen-bond donors (Lipinski definition) is 2. The molecule has 31 heavy (non-hydrogen) atoms. The number of nitrogens with one attached hydrogen (secondary N) is 2. The van der Waals surface area contributed by atoms with Gasteiger partial charge in [0.05, 0.1) is 24.5 Å². The van der Waals surface area contributed by atoms with Gasteiger partial charge < -0.3 is 20.3 Å². The molecule has 3 fully saturated rings. The lowest BCUT2D eigenvalue weighted by molar-refractivity contribution is -0.132. The van der Waals surface area contributed by atoms with Crippen LogP contribution >= 0.6 is 11.6 Å². The SMILES string of the molecule is CC1(C)CC(NC(=O)C2C3C(=O)N(c4ccc(Cl)cc4)C[C@@]34C=C[C@H]2O4)CC(C)(C)N1. The van der Waals surface area contributed by atoms with Crippen molar-refractivity contribution in [2.45, 2.75) is 69.4 Å².